The molecule has 1 heterocycles. The number of nitrogens with two attached hydrogens (primary N) is 1. The van der Waals surface area contributed by atoms with Crippen molar-refractivity contribution in [2.45, 2.75) is 30.7 Å². The third-order valence-corrected chi connectivity index (χ3v) is 4.18. The van der Waals surface area contributed by atoms with Crippen molar-refractivity contribution in [2.24, 2.45) is 5.73 Å². The van der Waals surface area contributed by atoms with Gasteiger partial charge in [-0.25, -0.2) is 9.97 Å². The van der Waals surface area contributed by atoms with Crippen molar-refractivity contribution in [2.75, 3.05) is 7.11 Å². The molecular weight excluding hydrogens is 250 g/mol. The molecule has 1 unspecified atom stereocenters. The van der Waals surface area contributed by atoms with E-state index in [4.69, 9.17) is 10.5 Å². The molecule has 0 saturated heterocycles. The Morgan fingerprint density at radius 1 is 1.25 bits per heavy atom. The van der Waals surface area contributed by atoms with Gasteiger partial charge in [-0.05, 0) is 18.4 Å². The fourth-order valence-electron chi connectivity index (χ4n) is 2.80. The number of ether oxygens (including phenoxy) is 1. The molecule has 104 valence electrons. The molecule has 1 aliphatic carbocycles. The standard InChI is InChI=1S/C16H19N3O/c1-20-15-10-13(18-11-19-15)9-14(17)16(7-8-16)12-5-3-2-4-6-12/h2-6,10-11,14H,7-9,17H2,1H3. The predicted molar refractivity (Wildman–Crippen MR) is 77.6 cm³/mol. The van der Waals surface area contributed by atoms with E-state index < -0.39 is 0 Å². The molecule has 1 saturated carbocycles. The Labute approximate surface area is 119 Å². The first-order chi connectivity index (χ1) is 9.74. The summed E-state index contributed by atoms with van der Waals surface area (Å²) in [6.45, 7) is 0. The first-order valence-corrected chi connectivity index (χ1v) is 6.90. The van der Waals surface area contributed by atoms with Crippen LogP contribution >= 0.6 is 0 Å². The highest BCUT2D eigenvalue weighted by Gasteiger charge is 2.49. The van der Waals surface area contributed by atoms with E-state index >= 15 is 0 Å². The lowest BCUT2D eigenvalue weighted by Gasteiger charge is -2.23. The van der Waals surface area contributed by atoms with Crippen LogP contribution in [-0.2, 0) is 11.8 Å². The summed E-state index contributed by atoms with van der Waals surface area (Å²) < 4.78 is 5.13. The second-order valence-corrected chi connectivity index (χ2v) is 5.38. The van der Waals surface area contributed by atoms with Crippen LogP contribution in [0.5, 0.6) is 5.88 Å². The number of benzene rings is 1. The van der Waals surface area contributed by atoms with Crippen molar-refractivity contribution >= 4 is 0 Å². The molecule has 1 fully saturated rings. The van der Waals surface area contributed by atoms with Crippen LogP contribution in [0.2, 0.25) is 0 Å². The molecule has 20 heavy (non-hydrogen) atoms. The highest BCUT2D eigenvalue weighted by molar-refractivity contribution is 5.34. The van der Waals surface area contributed by atoms with Crippen LogP contribution in [-0.4, -0.2) is 23.1 Å². The Morgan fingerprint density at radius 2 is 2.00 bits per heavy atom. The lowest BCUT2D eigenvalue weighted by atomic mass is 9.86. The van der Waals surface area contributed by atoms with E-state index in [1.54, 1.807) is 7.11 Å². The summed E-state index contributed by atoms with van der Waals surface area (Å²) in [6.07, 6.45) is 4.58. The van der Waals surface area contributed by atoms with Gasteiger partial charge in [-0.15, -0.1) is 0 Å². The zero-order valence-electron chi connectivity index (χ0n) is 11.6. The molecule has 1 aromatic carbocycles. The van der Waals surface area contributed by atoms with Gasteiger partial charge < -0.3 is 10.5 Å². The van der Waals surface area contributed by atoms with Crippen LogP contribution in [0.4, 0.5) is 0 Å². The Hall–Kier alpha value is -1.94. The van der Waals surface area contributed by atoms with Gasteiger partial charge in [0.15, 0.2) is 0 Å². The minimum atomic E-state index is 0.0736. The molecule has 4 nitrogen and oxygen atoms in total. The minimum absolute atomic E-state index is 0.0736. The molecule has 0 radical (unpaired) electrons. The van der Waals surface area contributed by atoms with Gasteiger partial charge >= 0.3 is 0 Å². The van der Waals surface area contributed by atoms with Gasteiger partial charge in [-0.2, -0.15) is 0 Å². The molecule has 3 rings (SSSR count). The van der Waals surface area contributed by atoms with Crippen LogP contribution in [0.1, 0.15) is 24.1 Å². The molecule has 2 aromatic rings. The quantitative estimate of drug-likeness (QED) is 0.903. The summed E-state index contributed by atoms with van der Waals surface area (Å²) in [5.41, 5.74) is 8.87. The topological polar surface area (TPSA) is 61.0 Å². The van der Waals surface area contributed by atoms with Gasteiger partial charge in [0, 0.05) is 29.6 Å². The Kier molecular flexibility index (Phi) is 3.40. The van der Waals surface area contributed by atoms with Crippen molar-refractivity contribution in [1.29, 1.82) is 0 Å². The fraction of sp³-hybridized carbons (Fsp3) is 0.375. The largest absolute Gasteiger partial charge is 0.481 e. The van der Waals surface area contributed by atoms with E-state index in [-0.39, 0.29) is 11.5 Å². The van der Waals surface area contributed by atoms with Crippen LogP contribution < -0.4 is 10.5 Å². The third kappa shape index (κ3) is 2.39. The van der Waals surface area contributed by atoms with Gasteiger partial charge in [0.25, 0.3) is 0 Å². The molecule has 0 spiro atoms. The Balaban J connectivity index is 1.78. The second-order valence-electron chi connectivity index (χ2n) is 5.38. The molecule has 4 heteroatoms. The van der Waals surface area contributed by atoms with E-state index in [2.05, 4.69) is 34.2 Å². The van der Waals surface area contributed by atoms with Gasteiger partial charge in [-0.3, -0.25) is 0 Å². The summed E-state index contributed by atoms with van der Waals surface area (Å²) in [5.74, 6) is 0.590. The lowest BCUT2D eigenvalue weighted by Crippen LogP contribution is -2.37. The van der Waals surface area contributed by atoms with Crippen molar-refractivity contribution in [3.05, 3.63) is 54.0 Å². The predicted octanol–water partition coefficient (Wildman–Crippen LogP) is 2.09. The zero-order valence-corrected chi connectivity index (χ0v) is 11.6. The Morgan fingerprint density at radius 3 is 2.65 bits per heavy atom. The number of nitrogens with zero attached hydrogens (tertiary/aromatic N) is 2. The number of aromatic nitrogens is 2. The van der Waals surface area contributed by atoms with Gasteiger partial charge in [-0.1, -0.05) is 30.3 Å². The summed E-state index contributed by atoms with van der Waals surface area (Å²) >= 11 is 0. The SMILES string of the molecule is COc1cc(CC(N)C2(c3ccccc3)CC2)ncn1. The molecule has 2 N–H and O–H groups in total. The summed E-state index contributed by atoms with van der Waals surface area (Å²) in [6, 6.07) is 12.5. The van der Waals surface area contributed by atoms with E-state index in [0.29, 0.717) is 5.88 Å². The van der Waals surface area contributed by atoms with E-state index in [9.17, 15) is 0 Å². The monoisotopic (exact) mass is 269 g/mol. The molecule has 0 aliphatic heterocycles. The molecule has 1 aromatic heterocycles. The highest BCUT2D eigenvalue weighted by Crippen LogP contribution is 2.50. The van der Waals surface area contributed by atoms with Crippen LogP contribution in [0, 0.1) is 0 Å². The fourth-order valence-corrected chi connectivity index (χ4v) is 2.80. The number of rotatable bonds is 5. The smallest absolute Gasteiger partial charge is 0.216 e. The summed E-state index contributed by atoms with van der Waals surface area (Å²) in [5, 5.41) is 0. The molecule has 0 bridgehead atoms. The average molecular weight is 269 g/mol. The molecule has 1 atom stereocenters. The number of hydrogen-bond acceptors (Lipinski definition) is 4. The van der Waals surface area contributed by atoms with Gasteiger partial charge in [0.05, 0.1) is 7.11 Å². The maximum Gasteiger partial charge on any atom is 0.216 e. The maximum atomic E-state index is 6.47. The van der Waals surface area contributed by atoms with Crippen LogP contribution in [0.15, 0.2) is 42.7 Å². The number of methoxy groups -OCH3 is 1. The van der Waals surface area contributed by atoms with Crippen molar-refractivity contribution in [1.82, 2.24) is 9.97 Å². The highest BCUT2D eigenvalue weighted by atomic mass is 16.5. The molecule has 1 aliphatic rings. The lowest BCUT2D eigenvalue weighted by molar-refractivity contribution is 0.395. The minimum Gasteiger partial charge on any atom is -0.481 e. The molecule has 0 amide bonds. The first-order valence-electron chi connectivity index (χ1n) is 6.90. The van der Waals surface area contributed by atoms with Crippen LogP contribution in [0.3, 0.4) is 0 Å². The van der Waals surface area contributed by atoms with Crippen molar-refractivity contribution in [3.8, 4) is 5.88 Å². The maximum absolute atomic E-state index is 6.47. The normalized spacial score (nSPS) is 17.5. The van der Waals surface area contributed by atoms with Crippen molar-refractivity contribution < 1.29 is 4.74 Å². The van der Waals surface area contributed by atoms with E-state index in [1.165, 1.54) is 11.9 Å². The summed E-state index contributed by atoms with van der Waals surface area (Å²) in [4.78, 5) is 8.32. The van der Waals surface area contributed by atoms with Crippen molar-refractivity contribution in [3.63, 3.8) is 0 Å². The molecular formula is C16H19N3O. The second kappa shape index (κ2) is 5.21. The van der Waals surface area contributed by atoms with Gasteiger partial charge in [0.2, 0.25) is 5.88 Å². The third-order valence-electron chi connectivity index (χ3n) is 4.18. The average Bonchev–Trinajstić information content (AvgIpc) is 3.30. The van der Waals surface area contributed by atoms with E-state index in [0.717, 1.165) is 25.0 Å². The number of hydrogen-bond donors (Lipinski definition) is 1. The van der Waals surface area contributed by atoms with Gasteiger partial charge in [0.1, 0.15) is 6.33 Å². The summed E-state index contributed by atoms with van der Waals surface area (Å²) in [7, 11) is 1.61. The van der Waals surface area contributed by atoms with Crippen LogP contribution in [0.25, 0.3) is 0 Å². The van der Waals surface area contributed by atoms with E-state index in [1.807, 2.05) is 12.1 Å². The Bertz CT molecular complexity index is 581. The first kappa shape index (κ1) is 13.1. The zero-order chi connectivity index (χ0) is 14.0.